The van der Waals surface area contributed by atoms with E-state index in [2.05, 4.69) is 25.8 Å². The van der Waals surface area contributed by atoms with Crippen LogP contribution in [0.3, 0.4) is 0 Å². The highest BCUT2D eigenvalue weighted by atomic mass is 19.1. The number of nitrogens with one attached hydrogen (secondary N) is 4. The minimum Gasteiger partial charge on any atom is -0.353 e. The van der Waals surface area contributed by atoms with E-state index in [1.807, 2.05) is 5.48 Å². The van der Waals surface area contributed by atoms with Gasteiger partial charge >= 0.3 is 5.97 Å². The van der Waals surface area contributed by atoms with Crippen molar-refractivity contribution < 1.29 is 23.6 Å². The van der Waals surface area contributed by atoms with E-state index in [9.17, 15) is 18.8 Å². The van der Waals surface area contributed by atoms with Crippen molar-refractivity contribution in [2.24, 2.45) is 4.99 Å². The molecule has 2 amide bonds. The molecule has 1 unspecified atom stereocenters. The lowest BCUT2D eigenvalue weighted by atomic mass is 10.2. The van der Waals surface area contributed by atoms with Crippen LogP contribution in [-0.4, -0.2) is 49.5 Å². The Morgan fingerprint density at radius 3 is 2.88 bits per heavy atom. The zero-order chi connectivity index (χ0) is 18.9. The second kappa shape index (κ2) is 9.35. The number of aliphatic imine (C=N–C) groups is 1. The van der Waals surface area contributed by atoms with Crippen LogP contribution in [0.4, 0.5) is 10.1 Å². The Bertz CT molecular complexity index is 710. The average molecular weight is 365 g/mol. The van der Waals surface area contributed by atoms with E-state index in [-0.39, 0.29) is 26.1 Å². The molecule has 9 nitrogen and oxygen atoms in total. The van der Waals surface area contributed by atoms with E-state index in [1.54, 1.807) is 31.2 Å². The lowest BCUT2D eigenvalue weighted by molar-refractivity contribution is -0.157. The van der Waals surface area contributed by atoms with Crippen molar-refractivity contribution in [1.82, 2.24) is 16.1 Å². The first kappa shape index (κ1) is 19.2. The molecule has 2 rings (SSSR count). The summed E-state index contributed by atoms with van der Waals surface area (Å²) >= 11 is 0. The fourth-order valence-corrected chi connectivity index (χ4v) is 1.96. The normalized spacial score (nSPS) is 15.9. The fraction of sp³-hybridized carbons (Fsp3) is 0.375. The number of rotatable bonds is 5. The highest BCUT2D eigenvalue weighted by Gasteiger charge is 2.14. The molecular weight excluding hydrogens is 345 g/mol. The molecule has 0 bridgehead atoms. The summed E-state index contributed by atoms with van der Waals surface area (Å²) in [4.78, 5) is 43.0. The zero-order valence-electron chi connectivity index (χ0n) is 14.2. The monoisotopic (exact) mass is 365 g/mol. The van der Waals surface area contributed by atoms with Crippen LogP contribution in [0, 0.1) is 0 Å². The molecule has 1 aromatic rings. The van der Waals surface area contributed by atoms with Gasteiger partial charge in [-0.15, -0.1) is 0 Å². The first-order valence-electron chi connectivity index (χ1n) is 8.04. The minimum atomic E-state index is -1.01. The summed E-state index contributed by atoms with van der Waals surface area (Å²) in [5.74, 6) is -1.29. The maximum absolute atomic E-state index is 13.0. The van der Waals surface area contributed by atoms with Crippen molar-refractivity contribution in [3.63, 3.8) is 0 Å². The maximum Gasteiger partial charge on any atom is 0.331 e. The number of carbonyl (C=O) groups excluding carboxylic acids is 3. The van der Waals surface area contributed by atoms with Gasteiger partial charge in [-0.1, -0.05) is 13.0 Å². The molecule has 0 spiro atoms. The summed E-state index contributed by atoms with van der Waals surface area (Å²) in [6.07, 6.45) is -0.890. The van der Waals surface area contributed by atoms with Crippen molar-refractivity contribution in [2.45, 2.75) is 19.5 Å². The number of benzene rings is 1. The van der Waals surface area contributed by atoms with Gasteiger partial charge < -0.3 is 20.8 Å². The molecule has 0 saturated heterocycles. The van der Waals surface area contributed by atoms with Gasteiger partial charge in [-0.3, -0.25) is 9.59 Å². The number of hydroxylamine groups is 1. The van der Waals surface area contributed by atoms with Gasteiger partial charge in [0.05, 0.1) is 19.6 Å². The van der Waals surface area contributed by atoms with E-state index >= 15 is 0 Å². The molecule has 1 atom stereocenters. The number of halogens is 1. The number of alkyl halides is 1. The molecule has 0 aromatic heterocycles. The summed E-state index contributed by atoms with van der Waals surface area (Å²) < 4.78 is 13.0. The molecule has 1 aliphatic rings. The Balaban J connectivity index is 1.85. The predicted octanol–water partition coefficient (Wildman–Crippen LogP) is 0.110. The molecule has 26 heavy (non-hydrogen) atoms. The molecule has 4 N–H and O–H groups in total. The molecular formula is C16H20FN5O4. The van der Waals surface area contributed by atoms with Gasteiger partial charge in [0.15, 0.2) is 5.96 Å². The topological polar surface area (TPSA) is 121 Å². The third-order valence-corrected chi connectivity index (χ3v) is 3.30. The van der Waals surface area contributed by atoms with Crippen LogP contribution < -0.4 is 21.4 Å². The van der Waals surface area contributed by atoms with Crippen molar-refractivity contribution >= 4 is 29.4 Å². The van der Waals surface area contributed by atoms with Crippen LogP contribution in [0.25, 0.3) is 0 Å². The van der Waals surface area contributed by atoms with Gasteiger partial charge in [0.1, 0.15) is 6.17 Å². The Labute approximate surface area is 149 Å². The largest absolute Gasteiger partial charge is 0.353 e. The standard InChI is InChI=1S/C16H20FN5O4/c1-2-14(24)26-22-13(23)9-18-15(25)10-4-3-5-12(6-10)21-16-19-7-11(17)8-20-16/h3-6,11H,2,7-9H2,1H3,(H,18,25)(H,22,23)(H2,19,20,21). The summed E-state index contributed by atoms with van der Waals surface area (Å²) in [6, 6.07) is 6.51. The van der Waals surface area contributed by atoms with Gasteiger partial charge in [-0.25, -0.2) is 14.2 Å². The van der Waals surface area contributed by atoms with E-state index in [1.165, 1.54) is 0 Å². The number of anilines is 1. The van der Waals surface area contributed by atoms with Crippen LogP contribution in [0.2, 0.25) is 0 Å². The van der Waals surface area contributed by atoms with E-state index < -0.39 is 24.0 Å². The van der Waals surface area contributed by atoms with Gasteiger partial charge in [-0.05, 0) is 18.2 Å². The summed E-state index contributed by atoms with van der Waals surface area (Å²) in [5, 5.41) is 8.17. The molecule has 10 heteroatoms. The molecule has 0 radical (unpaired) electrons. The van der Waals surface area contributed by atoms with Crippen molar-refractivity contribution in [3.05, 3.63) is 29.8 Å². The molecule has 1 aliphatic heterocycles. The summed E-state index contributed by atoms with van der Waals surface area (Å²) in [6.45, 7) is 1.48. The Kier molecular flexibility index (Phi) is 6.89. The highest BCUT2D eigenvalue weighted by molar-refractivity contribution is 5.99. The second-order valence-corrected chi connectivity index (χ2v) is 5.41. The third kappa shape index (κ3) is 6.04. The van der Waals surface area contributed by atoms with Gasteiger partial charge in [0.2, 0.25) is 0 Å². The number of hydrogen-bond acceptors (Lipinski definition) is 7. The van der Waals surface area contributed by atoms with Gasteiger partial charge in [-0.2, -0.15) is 5.48 Å². The maximum atomic E-state index is 13.0. The summed E-state index contributed by atoms with van der Waals surface area (Å²) in [5.41, 5.74) is 2.84. The van der Waals surface area contributed by atoms with Crippen LogP contribution in [0.5, 0.6) is 0 Å². The third-order valence-electron chi connectivity index (χ3n) is 3.30. The predicted molar refractivity (Wildman–Crippen MR) is 92.1 cm³/mol. The average Bonchev–Trinajstić information content (AvgIpc) is 2.66. The van der Waals surface area contributed by atoms with E-state index in [4.69, 9.17) is 0 Å². The number of hydrogen-bond donors (Lipinski definition) is 4. The zero-order valence-corrected chi connectivity index (χ0v) is 14.2. The molecule has 0 fully saturated rings. The number of carbonyl (C=O) groups is 3. The van der Waals surface area contributed by atoms with E-state index in [0.717, 1.165) is 0 Å². The molecule has 0 aliphatic carbocycles. The Hall–Kier alpha value is -3.17. The summed E-state index contributed by atoms with van der Waals surface area (Å²) in [7, 11) is 0. The Morgan fingerprint density at radius 2 is 2.19 bits per heavy atom. The van der Waals surface area contributed by atoms with Crippen molar-refractivity contribution in [2.75, 3.05) is 25.0 Å². The van der Waals surface area contributed by atoms with Crippen LogP contribution >= 0.6 is 0 Å². The molecule has 0 saturated carbocycles. The molecule has 1 aromatic carbocycles. The first-order chi connectivity index (χ1) is 12.5. The number of amides is 2. The minimum absolute atomic E-state index is 0.0766. The number of guanidine groups is 1. The Morgan fingerprint density at radius 1 is 1.38 bits per heavy atom. The van der Waals surface area contributed by atoms with Crippen molar-refractivity contribution in [3.8, 4) is 0 Å². The smallest absolute Gasteiger partial charge is 0.331 e. The SMILES string of the molecule is CCC(=O)ONC(=O)CNC(=O)c1cccc(NC2=NCC(F)CN2)c1. The van der Waals surface area contributed by atoms with Gasteiger partial charge in [0, 0.05) is 17.7 Å². The lowest BCUT2D eigenvalue weighted by Gasteiger charge is -2.18. The molecule has 1 heterocycles. The van der Waals surface area contributed by atoms with Crippen LogP contribution in [0.1, 0.15) is 23.7 Å². The second-order valence-electron chi connectivity index (χ2n) is 5.41. The lowest BCUT2D eigenvalue weighted by Crippen LogP contribution is -2.41. The quantitative estimate of drug-likeness (QED) is 0.550. The van der Waals surface area contributed by atoms with Crippen molar-refractivity contribution in [1.29, 1.82) is 0 Å². The molecule has 140 valence electrons. The number of nitrogens with zero attached hydrogens (tertiary/aromatic N) is 1. The first-order valence-corrected chi connectivity index (χ1v) is 8.04. The fourth-order valence-electron chi connectivity index (χ4n) is 1.96. The van der Waals surface area contributed by atoms with E-state index in [0.29, 0.717) is 17.2 Å². The van der Waals surface area contributed by atoms with Crippen LogP contribution in [0.15, 0.2) is 29.3 Å². The highest BCUT2D eigenvalue weighted by Crippen LogP contribution is 2.11. The van der Waals surface area contributed by atoms with Crippen LogP contribution in [-0.2, 0) is 14.4 Å². The van der Waals surface area contributed by atoms with Gasteiger partial charge in [0.25, 0.3) is 11.8 Å².